The van der Waals surface area contributed by atoms with E-state index in [-0.39, 0.29) is 0 Å². The largest absolute Gasteiger partial charge is 0.298 e. The van der Waals surface area contributed by atoms with E-state index in [2.05, 4.69) is 0 Å². The van der Waals surface area contributed by atoms with Gasteiger partial charge in [0, 0.05) is 5.02 Å². The first kappa shape index (κ1) is 14.8. The second kappa shape index (κ2) is 5.94. The minimum Gasteiger partial charge on any atom is -0.268 e. The summed E-state index contributed by atoms with van der Waals surface area (Å²) in [6, 6.07) is 12.1. The van der Waals surface area contributed by atoms with Crippen molar-refractivity contribution in [1.82, 2.24) is 0 Å². The van der Waals surface area contributed by atoms with Gasteiger partial charge in [0.05, 0.1) is 10.6 Å². The van der Waals surface area contributed by atoms with Gasteiger partial charge in [-0.25, -0.2) is 9.29 Å². The summed E-state index contributed by atoms with van der Waals surface area (Å²) in [4.78, 5) is 25.8. The smallest absolute Gasteiger partial charge is 0.268 e. The Hall–Kier alpha value is -2.11. The van der Waals surface area contributed by atoms with Crippen LogP contribution < -0.4 is 4.90 Å². The van der Waals surface area contributed by atoms with Crippen LogP contribution in [0.15, 0.2) is 53.4 Å². The first-order valence-electron chi connectivity index (χ1n) is 6.34. The van der Waals surface area contributed by atoms with Crippen LogP contribution in [0.25, 0.3) is 6.08 Å². The Balaban J connectivity index is 1.91. The summed E-state index contributed by atoms with van der Waals surface area (Å²) >= 11 is 6.66. The lowest BCUT2D eigenvalue weighted by Gasteiger charge is -2.11. The lowest BCUT2D eigenvalue weighted by molar-refractivity contribution is -0.113. The van der Waals surface area contributed by atoms with E-state index in [1.807, 2.05) is 0 Å². The van der Waals surface area contributed by atoms with E-state index >= 15 is 0 Å². The van der Waals surface area contributed by atoms with E-state index in [0.717, 1.165) is 22.2 Å². The molecule has 2 amide bonds. The maximum atomic E-state index is 12.9. The molecule has 2 aromatic carbocycles. The van der Waals surface area contributed by atoms with E-state index in [9.17, 15) is 14.0 Å². The van der Waals surface area contributed by atoms with Crippen molar-refractivity contribution >= 4 is 46.3 Å². The fourth-order valence-electron chi connectivity index (χ4n) is 1.99. The SMILES string of the molecule is O=C1SC(=Cc2ccc(Cl)cc2)C(=O)N1c1ccc(F)cc1. The molecule has 2 aromatic rings. The predicted molar refractivity (Wildman–Crippen MR) is 86.3 cm³/mol. The number of halogens is 2. The predicted octanol–water partition coefficient (Wildman–Crippen LogP) is 4.72. The zero-order valence-corrected chi connectivity index (χ0v) is 12.7. The normalized spacial score (nSPS) is 16.6. The summed E-state index contributed by atoms with van der Waals surface area (Å²) in [5.41, 5.74) is 1.12. The molecule has 0 bridgehead atoms. The molecule has 1 aliphatic heterocycles. The zero-order valence-electron chi connectivity index (χ0n) is 11.1. The first-order chi connectivity index (χ1) is 10.5. The minimum absolute atomic E-state index is 0.316. The molecule has 1 heterocycles. The molecule has 3 rings (SSSR count). The Morgan fingerprint density at radius 2 is 1.64 bits per heavy atom. The van der Waals surface area contributed by atoms with Crippen molar-refractivity contribution in [3.8, 4) is 0 Å². The van der Waals surface area contributed by atoms with Crippen molar-refractivity contribution in [3.63, 3.8) is 0 Å². The van der Waals surface area contributed by atoms with Gasteiger partial charge in [-0.15, -0.1) is 0 Å². The lowest BCUT2D eigenvalue weighted by atomic mass is 10.2. The molecule has 0 aromatic heterocycles. The van der Waals surface area contributed by atoms with Crippen LogP contribution in [0.1, 0.15) is 5.56 Å². The van der Waals surface area contributed by atoms with Gasteiger partial charge in [0.1, 0.15) is 5.82 Å². The highest BCUT2D eigenvalue weighted by Crippen LogP contribution is 2.35. The maximum absolute atomic E-state index is 12.9. The topological polar surface area (TPSA) is 37.4 Å². The molecule has 3 nitrogen and oxygen atoms in total. The Bertz CT molecular complexity index is 772. The Morgan fingerprint density at radius 3 is 2.27 bits per heavy atom. The molecule has 0 radical (unpaired) electrons. The molecular weight excluding hydrogens is 325 g/mol. The second-order valence-electron chi connectivity index (χ2n) is 4.55. The monoisotopic (exact) mass is 333 g/mol. The number of anilines is 1. The quantitative estimate of drug-likeness (QED) is 0.746. The van der Waals surface area contributed by atoms with Crippen molar-refractivity contribution in [2.45, 2.75) is 0 Å². The van der Waals surface area contributed by atoms with Gasteiger partial charge < -0.3 is 0 Å². The molecule has 1 saturated heterocycles. The van der Waals surface area contributed by atoms with Crippen LogP contribution in [0.5, 0.6) is 0 Å². The van der Waals surface area contributed by atoms with Crippen molar-refractivity contribution in [2.24, 2.45) is 0 Å². The third-order valence-electron chi connectivity index (χ3n) is 3.05. The summed E-state index contributed by atoms with van der Waals surface area (Å²) in [7, 11) is 0. The molecule has 6 heteroatoms. The minimum atomic E-state index is -0.424. The fraction of sp³-hybridized carbons (Fsp3) is 0. The molecule has 0 spiro atoms. The molecule has 0 saturated carbocycles. The van der Waals surface area contributed by atoms with Crippen LogP contribution in [0, 0.1) is 5.82 Å². The summed E-state index contributed by atoms with van der Waals surface area (Å²) < 4.78 is 12.9. The van der Waals surface area contributed by atoms with Crippen LogP contribution >= 0.6 is 23.4 Å². The highest BCUT2D eigenvalue weighted by Gasteiger charge is 2.36. The Kier molecular flexibility index (Phi) is 4.00. The summed E-state index contributed by atoms with van der Waals surface area (Å²) in [5, 5.41) is 0.188. The Morgan fingerprint density at radius 1 is 1.00 bits per heavy atom. The van der Waals surface area contributed by atoms with Crippen molar-refractivity contribution in [1.29, 1.82) is 0 Å². The van der Waals surface area contributed by atoms with Crippen LogP contribution in [0.4, 0.5) is 14.9 Å². The lowest BCUT2D eigenvalue weighted by Crippen LogP contribution is -2.27. The average Bonchev–Trinajstić information content (AvgIpc) is 2.77. The summed E-state index contributed by atoms with van der Waals surface area (Å²) in [6.45, 7) is 0. The van der Waals surface area contributed by atoms with Crippen molar-refractivity contribution in [2.75, 3.05) is 4.90 Å². The van der Waals surface area contributed by atoms with Gasteiger partial charge in [-0.2, -0.15) is 0 Å². The molecule has 110 valence electrons. The standard InChI is InChI=1S/C16H9ClFNO2S/c17-11-3-1-10(2-4-11)9-14-15(20)19(16(21)22-14)13-7-5-12(18)6-8-13/h1-9H. The summed E-state index contributed by atoms with van der Waals surface area (Å²) in [6.07, 6.45) is 1.63. The van der Waals surface area contributed by atoms with Gasteiger partial charge in [0.25, 0.3) is 11.1 Å². The zero-order chi connectivity index (χ0) is 15.7. The van der Waals surface area contributed by atoms with Crippen molar-refractivity contribution < 1.29 is 14.0 Å². The molecule has 1 fully saturated rings. The number of imide groups is 1. The van der Waals surface area contributed by atoms with E-state index in [1.54, 1.807) is 30.3 Å². The third-order valence-corrected chi connectivity index (χ3v) is 4.17. The van der Waals surface area contributed by atoms with E-state index in [0.29, 0.717) is 15.6 Å². The molecule has 0 aliphatic carbocycles. The van der Waals surface area contributed by atoms with E-state index in [1.165, 1.54) is 24.3 Å². The van der Waals surface area contributed by atoms with Gasteiger partial charge >= 0.3 is 0 Å². The Labute approximate surface area is 135 Å². The average molecular weight is 334 g/mol. The van der Waals surface area contributed by atoms with Gasteiger partial charge in [-0.1, -0.05) is 23.7 Å². The number of benzene rings is 2. The number of carbonyl (C=O) groups excluding carboxylic acids is 2. The molecule has 22 heavy (non-hydrogen) atoms. The first-order valence-corrected chi connectivity index (χ1v) is 7.53. The van der Waals surface area contributed by atoms with Crippen LogP contribution in [-0.4, -0.2) is 11.1 Å². The van der Waals surface area contributed by atoms with E-state index < -0.39 is 17.0 Å². The second-order valence-corrected chi connectivity index (χ2v) is 5.97. The van der Waals surface area contributed by atoms with Crippen LogP contribution in [-0.2, 0) is 4.79 Å². The number of hydrogen-bond acceptors (Lipinski definition) is 3. The molecule has 0 unspecified atom stereocenters. The van der Waals surface area contributed by atoms with Gasteiger partial charge in [-0.05, 0) is 59.8 Å². The van der Waals surface area contributed by atoms with E-state index in [4.69, 9.17) is 11.6 Å². The third kappa shape index (κ3) is 2.91. The molecule has 0 atom stereocenters. The van der Waals surface area contributed by atoms with Crippen LogP contribution in [0.2, 0.25) is 5.02 Å². The van der Waals surface area contributed by atoms with Gasteiger partial charge in [0.15, 0.2) is 0 Å². The highest BCUT2D eigenvalue weighted by molar-refractivity contribution is 8.19. The number of nitrogens with zero attached hydrogens (tertiary/aromatic N) is 1. The fourth-order valence-corrected chi connectivity index (χ4v) is 2.96. The maximum Gasteiger partial charge on any atom is 0.298 e. The number of rotatable bonds is 2. The highest BCUT2D eigenvalue weighted by atomic mass is 35.5. The number of amides is 2. The summed E-state index contributed by atoms with van der Waals surface area (Å²) in [5.74, 6) is -0.844. The number of carbonyl (C=O) groups is 2. The van der Waals surface area contributed by atoms with Crippen molar-refractivity contribution in [3.05, 3.63) is 69.8 Å². The molecule has 0 N–H and O–H groups in total. The van der Waals surface area contributed by atoms with Gasteiger partial charge in [-0.3, -0.25) is 9.59 Å². The molecule has 1 aliphatic rings. The number of hydrogen-bond donors (Lipinski definition) is 0. The number of thioether (sulfide) groups is 1. The molecular formula is C16H9ClFNO2S. The van der Waals surface area contributed by atoms with Gasteiger partial charge in [0.2, 0.25) is 0 Å². The van der Waals surface area contributed by atoms with Crippen LogP contribution in [0.3, 0.4) is 0 Å².